The lowest BCUT2D eigenvalue weighted by Crippen LogP contribution is -2.38. The molecule has 6 heteroatoms. The summed E-state index contributed by atoms with van der Waals surface area (Å²) in [7, 11) is 0. The number of nitrogens with two attached hydrogens (primary N) is 1. The summed E-state index contributed by atoms with van der Waals surface area (Å²) in [5.41, 5.74) is 5.67. The van der Waals surface area contributed by atoms with Crippen molar-refractivity contribution in [3.8, 4) is 5.75 Å². The summed E-state index contributed by atoms with van der Waals surface area (Å²) < 4.78 is 18.9. The molecule has 1 aliphatic heterocycles. The van der Waals surface area contributed by atoms with Crippen LogP contribution >= 0.6 is 0 Å². The van der Waals surface area contributed by atoms with E-state index in [9.17, 15) is 4.39 Å². The predicted molar refractivity (Wildman–Crippen MR) is 78.7 cm³/mol. The van der Waals surface area contributed by atoms with Crippen LogP contribution in [0, 0.1) is 5.82 Å². The van der Waals surface area contributed by atoms with Crippen LogP contribution in [0.3, 0.4) is 0 Å². The van der Waals surface area contributed by atoms with Gasteiger partial charge in [0.05, 0.1) is 0 Å². The molecule has 0 unspecified atom stereocenters. The van der Waals surface area contributed by atoms with Crippen molar-refractivity contribution in [1.82, 2.24) is 9.97 Å². The van der Waals surface area contributed by atoms with Gasteiger partial charge in [0.2, 0.25) is 0 Å². The number of hydrogen-bond donors (Lipinski definition) is 1. The van der Waals surface area contributed by atoms with Gasteiger partial charge in [-0.3, -0.25) is 0 Å². The lowest BCUT2D eigenvalue weighted by molar-refractivity contribution is 0.170. The third-order valence-electron chi connectivity index (χ3n) is 3.54. The highest BCUT2D eigenvalue weighted by molar-refractivity contribution is 5.46. The van der Waals surface area contributed by atoms with Crippen LogP contribution in [0.25, 0.3) is 0 Å². The molecule has 0 amide bonds. The molecular weight excluding hydrogens is 271 g/mol. The van der Waals surface area contributed by atoms with Crippen LogP contribution in [0.1, 0.15) is 12.8 Å². The lowest BCUT2D eigenvalue weighted by atomic mass is 10.1. The molecule has 1 saturated heterocycles. The highest BCUT2D eigenvalue weighted by Gasteiger charge is 2.21. The van der Waals surface area contributed by atoms with Crippen molar-refractivity contribution in [2.24, 2.45) is 0 Å². The van der Waals surface area contributed by atoms with E-state index < -0.39 is 0 Å². The quantitative estimate of drug-likeness (QED) is 0.938. The predicted octanol–water partition coefficient (Wildman–Crippen LogP) is 2.25. The molecule has 1 aromatic heterocycles. The summed E-state index contributed by atoms with van der Waals surface area (Å²) in [5, 5.41) is 0. The van der Waals surface area contributed by atoms with Gasteiger partial charge in [0.1, 0.15) is 35.6 Å². The zero-order chi connectivity index (χ0) is 14.7. The zero-order valence-corrected chi connectivity index (χ0v) is 11.6. The Kier molecular flexibility index (Phi) is 3.85. The lowest BCUT2D eigenvalue weighted by Gasteiger charge is -2.32. The SMILES string of the molecule is Nc1cc(N2CCC(Oc3cccc(F)c3)CC2)ncn1. The molecule has 3 rings (SSSR count). The van der Waals surface area contributed by atoms with E-state index in [2.05, 4.69) is 14.9 Å². The molecule has 0 spiro atoms. The number of halogens is 1. The van der Waals surface area contributed by atoms with Crippen LogP contribution in [-0.2, 0) is 0 Å². The summed E-state index contributed by atoms with van der Waals surface area (Å²) in [6.07, 6.45) is 3.29. The third-order valence-corrected chi connectivity index (χ3v) is 3.54. The Hall–Kier alpha value is -2.37. The fourth-order valence-corrected chi connectivity index (χ4v) is 2.47. The first-order valence-corrected chi connectivity index (χ1v) is 6.95. The fourth-order valence-electron chi connectivity index (χ4n) is 2.47. The number of benzene rings is 1. The number of ether oxygens (including phenoxy) is 1. The van der Waals surface area contributed by atoms with Crippen molar-refractivity contribution in [3.05, 3.63) is 42.5 Å². The van der Waals surface area contributed by atoms with Crippen molar-refractivity contribution in [2.45, 2.75) is 18.9 Å². The minimum atomic E-state index is -0.276. The minimum Gasteiger partial charge on any atom is -0.490 e. The van der Waals surface area contributed by atoms with Gasteiger partial charge in [0.15, 0.2) is 0 Å². The molecule has 110 valence electrons. The molecule has 5 nitrogen and oxygen atoms in total. The van der Waals surface area contributed by atoms with Crippen molar-refractivity contribution >= 4 is 11.6 Å². The van der Waals surface area contributed by atoms with E-state index >= 15 is 0 Å². The van der Waals surface area contributed by atoms with E-state index in [4.69, 9.17) is 10.5 Å². The molecule has 0 bridgehead atoms. The molecule has 21 heavy (non-hydrogen) atoms. The Labute approximate surface area is 122 Å². The van der Waals surface area contributed by atoms with Gasteiger partial charge < -0.3 is 15.4 Å². The summed E-state index contributed by atoms with van der Waals surface area (Å²) in [5.74, 6) is 1.62. The fraction of sp³-hybridized carbons (Fsp3) is 0.333. The summed E-state index contributed by atoms with van der Waals surface area (Å²) >= 11 is 0. The van der Waals surface area contributed by atoms with Crippen molar-refractivity contribution in [1.29, 1.82) is 0 Å². The van der Waals surface area contributed by atoms with E-state index in [0.717, 1.165) is 31.7 Å². The van der Waals surface area contributed by atoms with Gasteiger partial charge in [0.25, 0.3) is 0 Å². The van der Waals surface area contributed by atoms with E-state index in [1.165, 1.54) is 18.5 Å². The van der Waals surface area contributed by atoms with Crippen molar-refractivity contribution in [2.75, 3.05) is 23.7 Å². The Morgan fingerprint density at radius 2 is 2.00 bits per heavy atom. The molecule has 2 aromatic rings. The van der Waals surface area contributed by atoms with Gasteiger partial charge in [-0.2, -0.15) is 0 Å². The number of nitrogens with zero attached hydrogens (tertiary/aromatic N) is 3. The van der Waals surface area contributed by atoms with Crippen LogP contribution in [0.5, 0.6) is 5.75 Å². The molecular formula is C15H17FN4O. The molecule has 2 heterocycles. The maximum absolute atomic E-state index is 13.1. The topological polar surface area (TPSA) is 64.3 Å². The van der Waals surface area contributed by atoms with Crippen LogP contribution in [-0.4, -0.2) is 29.2 Å². The van der Waals surface area contributed by atoms with E-state index in [-0.39, 0.29) is 11.9 Å². The number of piperidine rings is 1. The van der Waals surface area contributed by atoms with Crippen LogP contribution < -0.4 is 15.4 Å². The Morgan fingerprint density at radius 3 is 2.71 bits per heavy atom. The number of rotatable bonds is 3. The maximum atomic E-state index is 13.1. The molecule has 1 aliphatic rings. The van der Waals surface area contributed by atoms with E-state index in [1.807, 2.05) is 0 Å². The van der Waals surface area contributed by atoms with Gasteiger partial charge >= 0.3 is 0 Å². The third kappa shape index (κ3) is 3.39. The van der Waals surface area contributed by atoms with Crippen molar-refractivity contribution < 1.29 is 9.13 Å². The number of aromatic nitrogens is 2. The van der Waals surface area contributed by atoms with Gasteiger partial charge in [-0.25, -0.2) is 14.4 Å². The smallest absolute Gasteiger partial charge is 0.134 e. The molecule has 1 fully saturated rings. The van der Waals surface area contributed by atoms with E-state index in [1.54, 1.807) is 18.2 Å². The first-order valence-electron chi connectivity index (χ1n) is 6.95. The molecule has 0 saturated carbocycles. The van der Waals surface area contributed by atoms with Gasteiger partial charge in [-0.05, 0) is 12.1 Å². The molecule has 0 atom stereocenters. The second-order valence-corrected chi connectivity index (χ2v) is 5.06. The second-order valence-electron chi connectivity index (χ2n) is 5.06. The highest BCUT2D eigenvalue weighted by Crippen LogP contribution is 2.22. The van der Waals surface area contributed by atoms with Crippen LogP contribution in [0.2, 0.25) is 0 Å². The van der Waals surface area contributed by atoms with Crippen molar-refractivity contribution in [3.63, 3.8) is 0 Å². The average Bonchev–Trinajstić information content (AvgIpc) is 2.48. The van der Waals surface area contributed by atoms with Gasteiger partial charge in [0, 0.05) is 38.1 Å². The Balaban J connectivity index is 1.58. The van der Waals surface area contributed by atoms with Gasteiger partial charge in [-0.15, -0.1) is 0 Å². The standard InChI is InChI=1S/C15H17FN4O/c16-11-2-1-3-13(8-11)21-12-4-6-20(7-5-12)15-9-14(17)18-10-19-15/h1-3,8-10,12H,4-7H2,(H2,17,18,19). The summed E-state index contributed by atoms with van der Waals surface area (Å²) in [6, 6.07) is 8.03. The van der Waals surface area contributed by atoms with E-state index in [0.29, 0.717) is 11.6 Å². The Morgan fingerprint density at radius 1 is 1.19 bits per heavy atom. The minimum absolute atomic E-state index is 0.0993. The number of nitrogen functional groups attached to an aromatic ring is 1. The van der Waals surface area contributed by atoms with Crippen LogP contribution in [0.4, 0.5) is 16.0 Å². The Bertz CT molecular complexity index is 614. The van der Waals surface area contributed by atoms with Gasteiger partial charge in [-0.1, -0.05) is 6.07 Å². The number of anilines is 2. The second kappa shape index (κ2) is 5.95. The molecule has 2 N–H and O–H groups in total. The summed E-state index contributed by atoms with van der Waals surface area (Å²) in [4.78, 5) is 10.3. The normalized spacial score (nSPS) is 16.0. The molecule has 0 aliphatic carbocycles. The summed E-state index contributed by atoms with van der Waals surface area (Å²) in [6.45, 7) is 1.66. The number of hydrogen-bond acceptors (Lipinski definition) is 5. The van der Waals surface area contributed by atoms with Crippen LogP contribution in [0.15, 0.2) is 36.7 Å². The highest BCUT2D eigenvalue weighted by atomic mass is 19.1. The molecule has 1 aromatic carbocycles. The first kappa shape index (κ1) is 13.6. The maximum Gasteiger partial charge on any atom is 0.134 e. The molecule has 0 radical (unpaired) electrons. The first-order chi connectivity index (χ1) is 10.2. The zero-order valence-electron chi connectivity index (χ0n) is 11.6. The largest absolute Gasteiger partial charge is 0.490 e. The monoisotopic (exact) mass is 288 g/mol. The average molecular weight is 288 g/mol.